The number of anilines is 1. The van der Waals surface area contributed by atoms with Gasteiger partial charge in [-0.25, -0.2) is 0 Å². The monoisotopic (exact) mass is 318 g/mol. The van der Waals surface area contributed by atoms with Crippen LogP contribution in [0.2, 0.25) is 10.0 Å². The summed E-state index contributed by atoms with van der Waals surface area (Å²) < 4.78 is 5.42. The first-order valence-electron chi connectivity index (χ1n) is 6.56. The minimum atomic E-state index is -0.210. The van der Waals surface area contributed by atoms with Crippen LogP contribution < -0.4 is 11.1 Å². The van der Waals surface area contributed by atoms with Gasteiger partial charge in [-0.2, -0.15) is 0 Å². The fourth-order valence-corrected chi connectivity index (χ4v) is 2.05. The quantitative estimate of drug-likeness (QED) is 0.597. The van der Waals surface area contributed by atoms with Gasteiger partial charge in [0.05, 0.1) is 21.8 Å². The van der Waals surface area contributed by atoms with Gasteiger partial charge in [0.15, 0.2) is 0 Å². The fourth-order valence-electron chi connectivity index (χ4n) is 1.57. The maximum absolute atomic E-state index is 11.9. The summed E-state index contributed by atoms with van der Waals surface area (Å²) in [5, 5.41) is 3.38. The van der Waals surface area contributed by atoms with Gasteiger partial charge < -0.3 is 15.8 Å². The molecule has 1 rings (SSSR count). The third-order valence-electron chi connectivity index (χ3n) is 2.65. The van der Waals surface area contributed by atoms with Gasteiger partial charge in [-0.15, -0.1) is 0 Å². The highest BCUT2D eigenvalue weighted by Crippen LogP contribution is 2.28. The van der Waals surface area contributed by atoms with Crippen LogP contribution in [0.5, 0.6) is 0 Å². The van der Waals surface area contributed by atoms with E-state index in [0.29, 0.717) is 18.7 Å². The van der Waals surface area contributed by atoms with Crippen molar-refractivity contribution < 1.29 is 9.53 Å². The van der Waals surface area contributed by atoms with Crippen molar-refractivity contribution in [3.05, 3.63) is 27.7 Å². The molecule has 1 aromatic carbocycles. The molecule has 0 saturated heterocycles. The summed E-state index contributed by atoms with van der Waals surface area (Å²) in [7, 11) is 0. The molecular formula is C14H20Cl2N2O2. The van der Waals surface area contributed by atoms with Crippen molar-refractivity contribution in [3.8, 4) is 0 Å². The lowest BCUT2D eigenvalue weighted by Gasteiger charge is -2.09. The number of amides is 1. The van der Waals surface area contributed by atoms with Crippen LogP contribution in [0.25, 0.3) is 0 Å². The first-order valence-corrected chi connectivity index (χ1v) is 7.31. The van der Waals surface area contributed by atoms with Crippen molar-refractivity contribution >= 4 is 34.8 Å². The standard InChI is InChI=1S/C14H20Cl2N2O2/c1-9(2)20-6-4-3-5-18-14(19)10-7-11(15)13(17)12(16)8-10/h7-9H,3-6,17H2,1-2H3,(H,18,19). The first-order chi connectivity index (χ1) is 9.41. The molecule has 0 aliphatic carbocycles. The predicted molar refractivity (Wildman–Crippen MR) is 83.5 cm³/mol. The number of hydrogen-bond donors (Lipinski definition) is 2. The predicted octanol–water partition coefficient (Wildman–Crippen LogP) is 3.51. The SMILES string of the molecule is CC(C)OCCCCNC(=O)c1cc(Cl)c(N)c(Cl)c1. The number of nitrogens with one attached hydrogen (secondary N) is 1. The number of nitrogen functional groups attached to an aromatic ring is 1. The molecule has 4 nitrogen and oxygen atoms in total. The lowest BCUT2D eigenvalue weighted by Crippen LogP contribution is -2.24. The van der Waals surface area contributed by atoms with E-state index in [2.05, 4.69) is 5.32 Å². The molecule has 0 heterocycles. The number of benzene rings is 1. The molecule has 3 N–H and O–H groups in total. The highest BCUT2D eigenvalue weighted by Gasteiger charge is 2.10. The normalized spacial score (nSPS) is 10.8. The van der Waals surface area contributed by atoms with Crippen LogP contribution in [0, 0.1) is 0 Å². The molecule has 0 saturated carbocycles. The summed E-state index contributed by atoms with van der Waals surface area (Å²) >= 11 is 11.8. The molecule has 1 aromatic rings. The number of rotatable bonds is 7. The largest absolute Gasteiger partial charge is 0.396 e. The van der Waals surface area contributed by atoms with Crippen LogP contribution in [0.15, 0.2) is 12.1 Å². The Morgan fingerprint density at radius 1 is 1.30 bits per heavy atom. The molecule has 6 heteroatoms. The maximum atomic E-state index is 11.9. The van der Waals surface area contributed by atoms with E-state index in [1.807, 2.05) is 13.8 Å². The molecule has 0 fully saturated rings. The highest BCUT2D eigenvalue weighted by atomic mass is 35.5. The number of nitrogens with two attached hydrogens (primary N) is 1. The molecule has 0 aromatic heterocycles. The van der Waals surface area contributed by atoms with E-state index >= 15 is 0 Å². The second-order valence-corrected chi connectivity index (χ2v) is 5.55. The van der Waals surface area contributed by atoms with E-state index in [9.17, 15) is 4.79 Å². The molecule has 0 spiro atoms. The summed E-state index contributed by atoms with van der Waals surface area (Å²) in [6, 6.07) is 3.03. The highest BCUT2D eigenvalue weighted by molar-refractivity contribution is 6.39. The van der Waals surface area contributed by atoms with Crippen molar-refractivity contribution in [2.45, 2.75) is 32.8 Å². The minimum Gasteiger partial charge on any atom is -0.396 e. The van der Waals surface area contributed by atoms with Crippen molar-refractivity contribution in [1.82, 2.24) is 5.32 Å². The Hall–Kier alpha value is -0.970. The maximum Gasteiger partial charge on any atom is 0.251 e. The van der Waals surface area contributed by atoms with Gasteiger partial charge in [0.1, 0.15) is 0 Å². The van der Waals surface area contributed by atoms with E-state index in [4.69, 9.17) is 33.7 Å². The average Bonchev–Trinajstić information content (AvgIpc) is 2.38. The Morgan fingerprint density at radius 2 is 1.90 bits per heavy atom. The molecule has 0 aliphatic heterocycles. The number of hydrogen-bond acceptors (Lipinski definition) is 3. The van der Waals surface area contributed by atoms with Crippen LogP contribution in [-0.4, -0.2) is 25.2 Å². The zero-order valence-electron chi connectivity index (χ0n) is 11.7. The molecule has 1 amide bonds. The number of unbranched alkanes of at least 4 members (excludes halogenated alkanes) is 1. The van der Waals surface area contributed by atoms with E-state index in [1.165, 1.54) is 12.1 Å². The number of halogens is 2. The third kappa shape index (κ3) is 5.57. The summed E-state index contributed by atoms with van der Waals surface area (Å²) in [4.78, 5) is 11.9. The van der Waals surface area contributed by atoms with Crippen LogP contribution in [0.1, 0.15) is 37.0 Å². The Kier molecular flexibility index (Phi) is 7.13. The lowest BCUT2D eigenvalue weighted by atomic mass is 10.2. The van der Waals surface area contributed by atoms with Crippen molar-refractivity contribution in [2.24, 2.45) is 0 Å². The number of carbonyl (C=O) groups excluding carboxylic acids is 1. The van der Waals surface area contributed by atoms with E-state index < -0.39 is 0 Å². The molecule has 0 radical (unpaired) electrons. The van der Waals surface area contributed by atoms with Gasteiger partial charge in [0.25, 0.3) is 5.91 Å². The van der Waals surface area contributed by atoms with Crippen LogP contribution in [0.3, 0.4) is 0 Å². The van der Waals surface area contributed by atoms with Gasteiger partial charge in [-0.05, 0) is 38.8 Å². The van der Waals surface area contributed by atoms with Crippen LogP contribution >= 0.6 is 23.2 Å². The smallest absolute Gasteiger partial charge is 0.251 e. The average molecular weight is 319 g/mol. The van der Waals surface area contributed by atoms with Crippen molar-refractivity contribution in [1.29, 1.82) is 0 Å². The van der Waals surface area contributed by atoms with Gasteiger partial charge >= 0.3 is 0 Å². The van der Waals surface area contributed by atoms with Crippen LogP contribution in [0.4, 0.5) is 5.69 Å². The Balaban J connectivity index is 2.36. The molecule has 112 valence electrons. The number of ether oxygens (including phenoxy) is 1. The molecule has 20 heavy (non-hydrogen) atoms. The van der Waals surface area contributed by atoms with Gasteiger partial charge in [0.2, 0.25) is 0 Å². The van der Waals surface area contributed by atoms with E-state index in [1.54, 1.807) is 0 Å². The summed E-state index contributed by atoms with van der Waals surface area (Å²) in [6.07, 6.45) is 2.00. The Morgan fingerprint density at radius 3 is 2.45 bits per heavy atom. The fraction of sp³-hybridized carbons (Fsp3) is 0.500. The molecule has 0 atom stereocenters. The Bertz CT molecular complexity index is 441. The molecule has 0 bridgehead atoms. The van der Waals surface area contributed by atoms with Crippen molar-refractivity contribution in [3.63, 3.8) is 0 Å². The van der Waals surface area contributed by atoms with Crippen LogP contribution in [-0.2, 0) is 4.74 Å². The second kappa shape index (κ2) is 8.35. The third-order valence-corrected chi connectivity index (χ3v) is 3.27. The summed E-state index contributed by atoms with van der Waals surface area (Å²) in [5.74, 6) is -0.210. The molecule has 0 aliphatic rings. The first kappa shape index (κ1) is 17.1. The second-order valence-electron chi connectivity index (χ2n) is 4.74. The van der Waals surface area contributed by atoms with Gasteiger partial charge in [0, 0.05) is 18.7 Å². The molecule has 0 unspecified atom stereocenters. The van der Waals surface area contributed by atoms with Gasteiger partial charge in [-0.1, -0.05) is 23.2 Å². The van der Waals surface area contributed by atoms with E-state index in [-0.39, 0.29) is 27.7 Å². The van der Waals surface area contributed by atoms with Gasteiger partial charge in [-0.3, -0.25) is 4.79 Å². The lowest BCUT2D eigenvalue weighted by molar-refractivity contribution is 0.0754. The molecular weight excluding hydrogens is 299 g/mol. The topological polar surface area (TPSA) is 64.3 Å². The van der Waals surface area contributed by atoms with Crippen molar-refractivity contribution in [2.75, 3.05) is 18.9 Å². The minimum absolute atomic E-state index is 0.210. The zero-order valence-corrected chi connectivity index (χ0v) is 13.2. The zero-order chi connectivity index (χ0) is 15.1. The van der Waals surface area contributed by atoms with E-state index in [0.717, 1.165) is 12.8 Å². The summed E-state index contributed by atoms with van der Waals surface area (Å²) in [6.45, 7) is 5.28. The number of carbonyl (C=O) groups is 1. The Labute approximate surface area is 129 Å². The summed E-state index contributed by atoms with van der Waals surface area (Å²) in [5.41, 5.74) is 6.32.